The third kappa shape index (κ3) is 6.10. The Kier molecular flexibility index (Phi) is 7.44. The maximum Gasteiger partial charge on any atom is 0.191 e. The zero-order valence-electron chi connectivity index (χ0n) is 14.6. The van der Waals surface area contributed by atoms with Gasteiger partial charge in [-0.2, -0.15) is 0 Å². The van der Waals surface area contributed by atoms with E-state index in [9.17, 15) is 8.78 Å². The molecule has 0 unspecified atom stereocenters. The predicted molar refractivity (Wildman–Crippen MR) is 99.0 cm³/mol. The van der Waals surface area contributed by atoms with E-state index in [-0.39, 0.29) is 18.7 Å². The van der Waals surface area contributed by atoms with Crippen LogP contribution in [0.5, 0.6) is 5.75 Å². The first kappa shape index (κ1) is 19.3. The van der Waals surface area contributed by atoms with Crippen molar-refractivity contribution in [1.29, 1.82) is 0 Å². The van der Waals surface area contributed by atoms with Crippen LogP contribution in [-0.2, 0) is 13.0 Å². The molecule has 0 radical (unpaired) electrons. The molecule has 0 amide bonds. The van der Waals surface area contributed by atoms with Crippen molar-refractivity contribution in [2.45, 2.75) is 13.0 Å². The van der Waals surface area contributed by atoms with Gasteiger partial charge in [0.1, 0.15) is 24.0 Å². The number of halogens is 2. The predicted octanol–water partition coefficient (Wildman–Crippen LogP) is 2.88. The van der Waals surface area contributed by atoms with Gasteiger partial charge in [-0.3, -0.25) is 4.99 Å². The molecule has 0 aromatic heterocycles. The summed E-state index contributed by atoms with van der Waals surface area (Å²) in [7, 11) is 1.62. The molecule has 0 atom stereocenters. The minimum atomic E-state index is -0.471. The standard InChI is InChI=1S/C20H21F2N3O/c1-3-12-26-18-7-4-15(5-8-18)10-11-24-20(23-2)25-14-16-13-17(21)6-9-19(16)22/h1,4-9,13H,10-12,14H2,2H3,(H2,23,24,25). The summed E-state index contributed by atoms with van der Waals surface area (Å²) in [6.07, 6.45) is 5.92. The summed E-state index contributed by atoms with van der Waals surface area (Å²) in [5.74, 6) is 2.74. The van der Waals surface area contributed by atoms with E-state index in [1.54, 1.807) is 7.05 Å². The Morgan fingerprint density at radius 2 is 1.92 bits per heavy atom. The van der Waals surface area contributed by atoms with Crippen LogP contribution in [0.3, 0.4) is 0 Å². The molecule has 0 aliphatic rings. The molecule has 26 heavy (non-hydrogen) atoms. The first-order chi connectivity index (χ1) is 12.6. The summed E-state index contributed by atoms with van der Waals surface area (Å²) < 4.78 is 32.1. The molecule has 0 spiro atoms. The highest BCUT2D eigenvalue weighted by molar-refractivity contribution is 5.79. The molecule has 136 valence electrons. The fourth-order valence-electron chi connectivity index (χ4n) is 2.28. The molecular formula is C20H21F2N3O. The van der Waals surface area contributed by atoms with Crippen LogP contribution in [0, 0.1) is 24.0 Å². The topological polar surface area (TPSA) is 45.6 Å². The Bertz CT molecular complexity index is 783. The summed E-state index contributed by atoms with van der Waals surface area (Å²) in [5, 5.41) is 6.10. The average Bonchev–Trinajstić information content (AvgIpc) is 2.66. The lowest BCUT2D eigenvalue weighted by Gasteiger charge is -2.12. The van der Waals surface area contributed by atoms with Gasteiger partial charge in [-0.15, -0.1) is 6.42 Å². The Morgan fingerprint density at radius 3 is 2.62 bits per heavy atom. The van der Waals surface area contributed by atoms with Gasteiger partial charge in [0.2, 0.25) is 0 Å². The highest BCUT2D eigenvalue weighted by Gasteiger charge is 2.05. The average molecular weight is 357 g/mol. The number of nitrogens with one attached hydrogen (secondary N) is 2. The highest BCUT2D eigenvalue weighted by atomic mass is 19.1. The number of benzene rings is 2. The van der Waals surface area contributed by atoms with Crippen LogP contribution in [0.1, 0.15) is 11.1 Å². The van der Waals surface area contributed by atoms with Crippen molar-refractivity contribution >= 4 is 5.96 Å². The molecule has 2 N–H and O–H groups in total. The van der Waals surface area contributed by atoms with Crippen molar-refractivity contribution in [2.75, 3.05) is 20.2 Å². The molecule has 0 saturated heterocycles. The van der Waals surface area contributed by atoms with Crippen LogP contribution in [0.25, 0.3) is 0 Å². The van der Waals surface area contributed by atoms with Crippen molar-refractivity contribution < 1.29 is 13.5 Å². The number of hydrogen-bond donors (Lipinski definition) is 2. The van der Waals surface area contributed by atoms with E-state index in [0.29, 0.717) is 12.5 Å². The Balaban J connectivity index is 1.78. The second-order valence-corrected chi connectivity index (χ2v) is 5.48. The van der Waals surface area contributed by atoms with Crippen LogP contribution in [0.15, 0.2) is 47.5 Å². The lowest BCUT2D eigenvalue weighted by Crippen LogP contribution is -2.38. The van der Waals surface area contributed by atoms with E-state index < -0.39 is 11.6 Å². The zero-order chi connectivity index (χ0) is 18.8. The lowest BCUT2D eigenvalue weighted by molar-refractivity contribution is 0.370. The number of ether oxygens (including phenoxy) is 1. The van der Waals surface area contributed by atoms with Gasteiger partial charge in [0.05, 0.1) is 0 Å². The molecule has 2 aromatic carbocycles. The summed E-state index contributed by atoms with van der Waals surface area (Å²) in [4.78, 5) is 4.07. The van der Waals surface area contributed by atoms with Crippen molar-refractivity contribution in [3.63, 3.8) is 0 Å². The summed E-state index contributed by atoms with van der Waals surface area (Å²) in [6.45, 7) is 1.02. The monoisotopic (exact) mass is 357 g/mol. The molecule has 0 bridgehead atoms. The van der Waals surface area contributed by atoms with Gasteiger partial charge in [0.15, 0.2) is 5.96 Å². The number of terminal acetylenes is 1. The summed E-state index contributed by atoms with van der Waals surface area (Å²) in [6, 6.07) is 11.0. The summed E-state index contributed by atoms with van der Waals surface area (Å²) in [5.41, 5.74) is 1.37. The van der Waals surface area contributed by atoms with Crippen molar-refractivity contribution in [1.82, 2.24) is 10.6 Å². The van der Waals surface area contributed by atoms with Crippen molar-refractivity contribution in [2.24, 2.45) is 4.99 Å². The molecule has 0 fully saturated rings. The molecule has 0 aliphatic carbocycles. The minimum absolute atomic E-state index is 0.143. The summed E-state index contributed by atoms with van der Waals surface area (Å²) >= 11 is 0. The fraction of sp³-hybridized carbons (Fsp3) is 0.250. The minimum Gasteiger partial charge on any atom is -0.481 e. The van der Waals surface area contributed by atoms with Gasteiger partial charge in [-0.1, -0.05) is 18.1 Å². The van der Waals surface area contributed by atoms with Gasteiger partial charge in [0.25, 0.3) is 0 Å². The SMILES string of the molecule is C#CCOc1ccc(CCNC(=NC)NCc2cc(F)ccc2F)cc1. The molecule has 0 saturated carbocycles. The molecule has 2 aromatic rings. The first-order valence-electron chi connectivity index (χ1n) is 8.16. The lowest BCUT2D eigenvalue weighted by atomic mass is 10.1. The van der Waals surface area contributed by atoms with Gasteiger partial charge in [0, 0.05) is 25.7 Å². The molecule has 6 heteroatoms. The molecule has 0 aliphatic heterocycles. The number of nitrogens with zero attached hydrogens (tertiary/aromatic N) is 1. The third-order valence-corrected chi connectivity index (χ3v) is 3.63. The van der Waals surface area contributed by atoms with E-state index in [4.69, 9.17) is 11.2 Å². The molecule has 4 nitrogen and oxygen atoms in total. The maximum atomic E-state index is 13.6. The normalized spacial score (nSPS) is 10.9. The number of hydrogen-bond acceptors (Lipinski definition) is 2. The van der Waals surface area contributed by atoms with E-state index in [1.807, 2.05) is 24.3 Å². The van der Waals surface area contributed by atoms with E-state index in [1.165, 1.54) is 6.07 Å². The van der Waals surface area contributed by atoms with Crippen molar-refractivity contribution in [3.8, 4) is 18.1 Å². The number of guanidine groups is 1. The highest BCUT2D eigenvalue weighted by Crippen LogP contribution is 2.12. The maximum absolute atomic E-state index is 13.6. The van der Waals surface area contributed by atoms with Gasteiger partial charge in [-0.25, -0.2) is 8.78 Å². The van der Waals surface area contributed by atoms with E-state index >= 15 is 0 Å². The largest absolute Gasteiger partial charge is 0.481 e. The van der Waals surface area contributed by atoms with E-state index in [0.717, 1.165) is 29.9 Å². The van der Waals surface area contributed by atoms with Crippen LogP contribution in [0.4, 0.5) is 8.78 Å². The Hall–Kier alpha value is -3.07. The van der Waals surface area contributed by atoms with Crippen LogP contribution in [-0.4, -0.2) is 26.2 Å². The van der Waals surface area contributed by atoms with Crippen LogP contribution < -0.4 is 15.4 Å². The second kappa shape index (κ2) is 10.0. The van der Waals surface area contributed by atoms with Gasteiger partial charge < -0.3 is 15.4 Å². The number of aliphatic imine (C=N–C) groups is 1. The van der Waals surface area contributed by atoms with Crippen molar-refractivity contribution in [3.05, 3.63) is 65.2 Å². The number of rotatable bonds is 7. The first-order valence-corrected chi connectivity index (χ1v) is 8.16. The zero-order valence-corrected chi connectivity index (χ0v) is 14.6. The van der Waals surface area contributed by atoms with Gasteiger partial charge in [-0.05, 0) is 42.3 Å². The molecule has 2 rings (SSSR count). The smallest absolute Gasteiger partial charge is 0.191 e. The Labute approximate surface area is 152 Å². The fourth-order valence-corrected chi connectivity index (χ4v) is 2.28. The van der Waals surface area contributed by atoms with E-state index in [2.05, 4.69) is 21.5 Å². The second-order valence-electron chi connectivity index (χ2n) is 5.48. The van der Waals surface area contributed by atoms with Crippen LogP contribution in [0.2, 0.25) is 0 Å². The molecule has 0 heterocycles. The molecular weight excluding hydrogens is 336 g/mol. The Morgan fingerprint density at radius 1 is 1.15 bits per heavy atom. The quantitative estimate of drug-likeness (QED) is 0.455. The van der Waals surface area contributed by atoms with Crippen LogP contribution >= 0.6 is 0 Å². The van der Waals surface area contributed by atoms with Gasteiger partial charge >= 0.3 is 0 Å². The third-order valence-electron chi connectivity index (χ3n) is 3.63.